The molecule has 0 aromatic carbocycles. The average molecular weight is 495 g/mol. The van der Waals surface area contributed by atoms with Gasteiger partial charge in [0.2, 0.25) is 5.91 Å². The number of allylic oxidation sites excluding steroid dienone is 2. The van der Waals surface area contributed by atoms with Crippen molar-refractivity contribution < 1.29 is 4.79 Å². The maximum Gasteiger partial charge on any atom is 0.261 e. The van der Waals surface area contributed by atoms with E-state index in [0.717, 1.165) is 57.4 Å². The van der Waals surface area contributed by atoms with Crippen LogP contribution in [-0.2, 0) is 4.79 Å². The predicted octanol–water partition coefficient (Wildman–Crippen LogP) is 3.52. The van der Waals surface area contributed by atoms with Crippen LogP contribution in [0.4, 0.5) is 5.69 Å². The topological polar surface area (TPSA) is 116 Å². The number of aromatic amines is 1. The first kappa shape index (κ1) is 26.2. The molecule has 0 bridgehead atoms. The third-order valence-corrected chi connectivity index (χ3v) is 8.11. The van der Waals surface area contributed by atoms with E-state index in [2.05, 4.69) is 34.5 Å². The Morgan fingerprint density at radius 2 is 2.08 bits per heavy atom. The van der Waals surface area contributed by atoms with Crippen LogP contribution in [0.5, 0.6) is 0 Å². The van der Waals surface area contributed by atoms with Gasteiger partial charge in [-0.3, -0.25) is 9.59 Å². The van der Waals surface area contributed by atoms with Gasteiger partial charge < -0.3 is 26.3 Å². The summed E-state index contributed by atoms with van der Waals surface area (Å²) in [5.74, 6) is 0.781. The second-order valence-corrected chi connectivity index (χ2v) is 10.8. The summed E-state index contributed by atoms with van der Waals surface area (Å²) in [6.07, 6.45) is 12.5. The Morgan fingerprint density at radius 1 is 1.31 bits per heavy atom. The van der Waals surface area contributed by atoms with Crippen molar-refractivity contribution in [2.75, 3.05) is 31.5 Å². The van der Waals surface area contributed by atoms with Crippen LogP contribution in [0.3, 0.4) is 0 Å². The number of likely N-dealkylation sites (tertiary alicyclic amines) is 1. The highest BCUT2D eigenvalue weighted by atomic mass is 16.2. The number of aliphatic imine (C=N–C) groups is 1. The minimum Gasteiger partial charge on any atom is -0.383 e. The molecule has 196 valence electrons. The maximum atomic E-state index is 13.3. The Balaban J connectivity index is 1.53. The van der Waals surface area contributed by atoms with Crippen LogP contribution >= 0.6 is 0 Å². The second kappa shape index (κ2) is 11.5. The third-order valence-electron chi connectivity index (χ3n) is 8.11. The Morgan fingerprint density at radius 3 is 2.81 bits per heavy atom. The minimum absolute atomic E-state index is 0.0763. The molecule has 1 aromatic heterocycles. The zero-order valence-corrected chi connectivity index (χ0v) is 22.0. The quantitative estimate of drug-likeness (QED) is 0.357. The molecular weight excluding hydrogens is 452 g/mol. The van der Waals surface area contributed by atoms with E-state index >= 15 is 0 Å². The van der Waals surface area contributed by atoms with E-state index in [0.29, 0.717) is 29.3 Å². The summed E-state index contributed by atoms with van der Waals surface area (Å²) < 4.78 is 0. The van der Waals surface area contributed by atoms with E-state index in [-0.39, 0.29) is 28.8 Å². The van der Waals surface area contributed by atoms with E-state index in [1.54, 1.807) is 6.20 Å². The summed E-state index contributed by atoms with van der Waals surface area (Å²) in [4.78, 5) is 35.6. The predicted molar refractivity (Wildman–Crippen MR) is 146 cm³/mol. The van der Waals surface area contributed by atoms with Gasteiger partial charge in [0.1, 0.15) is 11.4 Å². The maximum absolute atomic E-state index is 13.3. The van der Waals surface area contributed by atoms with Crippen LogP contribution < -0.4 is 21.9 Å². The molecule has 1 aromatic rings. The summed E-state index contributed by atoms with van der Waals surface area (Å²) in [5.41, 5.74) is 8.87. The Kier molecular flexibility index (Phi) is 8.34. The normalized spacial score (nSPS) is 25.0. The van der Waals surface area contributed by atoms with Crippen LogP contribution in [0.1, 0.15) is 71.3 Å². The lowest BCUT2D eigenvalue weighted by Gasteiger charge is -2.39. The number of nitrogens with two attached hydrogens (primary N) is 1. The number of hydrogen-bond acceptors (Lipinski definition) is 5. The van der Waals surface area contributed by atoms with Gasteiger partial charge in [-0.15, -0.1) is 0 Å². The van der Waals surface area contributed by atoms with Crippen molar-refractivity contribution in [1.29, 1.82) is 0 Å². The van der Waals surface area contributed by atoms with Crippen molar-refractivity contribution in [2.24, 2.45) is 22.6 Å². The molecule has 8 nitrogen and oxygen atoms in total. The first-order chi connectivity index (χ1) is 17.3. The fourth-order valence-electron chi connectivity index (χ4n) is 5.76. The number of hydrogen-bond donors (Lipinski definition) is 4. The van der Waals surface area contributed by atoms with Gasteiger partial charge >= 0.3 is 0 Å². The molecule has 2 aliphatic heterocycles. The standard InChI is InChI=1S/C28H42N6O2/c1-4-28(11-14-30-15-12-28)33-23-10-13-31-26(35)24(23)25(29)32-21-8-9-22(20(3)17-21)27(36)34-16-6-5-7-19(2)18-34/h8,10,13,17,19,22,30H,4-7,9,11-12,14-16,18H2,1-3H3,(H2,29,32)(H2,31,33,35). The van der Waals surface area contributed by atoms with Crippen molar-refractivity contribution in [3.63, 3.8) is 0 Å². The number of nitrogens with one attached hydrogen (secondary N) is 3. The summed E-state index contributed by atoms with van der Waals surface area (Å²) in [5, 5.41) is 7.05. The molecule has 1 aliphatic carbocycles. The molecule has 2 saturated heterocycles. The molecule has 2 atom stereocenters. The van der Waals surface area contributed by atoms with Gasteiger partial charge in [-0.25, -0.2) is 4.99 Å². The molecule has 3 heterocycles. The van der Waals surface area contributed by atoms with Gasteiger partial charge in [-0.1, -0.05) is 31.9 Å². The first-order valence-corrected chi connectivity index (χ1v) is 13.5. The van der Waals surface area contributed by atoms with Crippen molar-refractivity contribution in [3.05, 3.63) is 51.6 Å². The molecule has 36 heavy (non-hydrogen) atoms. The van der Waals surface area contributed by atoms with Crippen LogP contribution in [0.25, 0.3) is 0 Å². The Labute approximate surface area is 214 Å². The van der Waals surface area contributed by atoms with E-state index in [9.17, 15) is 9.59 Å². The number of nitrogens with zero attached hydrogens (tertiary/aromatic N) is 2. The monoisotopic (exact) mass is 494 g/mol. The molecule has 2 fully saturated rings. The second-order valence-electron chi connectivity index (χ2n) is 10.8. The number of carbonyl (C=O) groups is 1. The Hall–Kier alpha value is -2.87. The third kappa shape index (κ3) is 5.91. The number of piperidine rings is 1. The van der Waals surface area contributed by atoms with Crippen molar-refractivity contribution in [3.8, 4) is 0 Å². The van der Waals surface area contributed by atoms with E-state index in [1.807, 2.05) is 30.0 Å². The highest BCUT2D eigenvalue weighted by molar-refractivity contribution is 6.02. The number of H-pyrrole nitrogens is 1. The van der Waals surface area contributed by atoms with Crippen LogP contribution in [0, 0.1) is 11.8 Å². The van der Waals surface area contributed by atoms with E-state index in [1.165, 1.54) is 12.8 Å². The molecule has 2 unspecified atom stereocenters. The van der Waals surface area contributed by atoms with E-state index < -0.39 is 0 Å². The molecular formula is C28H42N6O2. The van der Waals surface area contributed by atoms with Gasteiger partial charge in [0, 0.05) is 24.8 Å². The van der Waals surface area contributed by atoms with Gasteiger partial charge in [0.25, 0.3) is 5.56 Å². The van der Waals surface area contributed by atoms with Crippen molar-refractivity contribution in [1.82, 2.24) is 15.2 Å². The number of amides is 1. The highest BCUT2D eigenvalue weighted by Gasteiger charge is 2.32. The van der Waals surface area contributed by atoms with Crippen LogP contribution in [0.2, 0.25) is 0 Å². The average Bonchev–Trinajstić information content (AvgIpc) is 3.08. The smallest absolute Gasteiger partial charge is 0.261 e. The van der Waals surface area contributed by atoms with Gasteiger partial charge in [0.15, 0.2) is 0 Å². The number of amidine groups is 1. The highest BCUT2D eigenvalue weighted by Crippen LogP contribution is 2.30. The van der Waals surface area contributed by atoms with Crippen molar-refractivity contribution in [2.45, 2.75) is 71.3 Å². The molecule has 8 heteroatoms. The molecule has 0 spiro atoms. The number of carbonyl (C=O) groups excluding carboxylic acids is 1. The number of rotatable bonds is 6. The van der Waals surface area contributed by atoms with Gasteiger partial charge in [-0.2, -0.15) is 0 Å². The van der Waals surface area contributed by atoms with E-state index in [4.69, 9.17) is 5.73 Å². The molecule has 0 radical (unpaired) electrons. The molecule has 0 saturated carbocycles. The zero-order chi connectivity index (χ0) is 25.7. The summed E-state index contributed by atoms with van der Waals surface area (Å²) in [6, 6.07) is 1.87. The lowest BCUT2D eigenvalue weighted by Crippen LogP contribution is -2.47. The lowest BCUT2D eigenvalue weighted by molar-refractivity contribution is -0.134. The van der Waals surface area contributed by atoms with Crippen molar-refractivity contribution >= 4 is 17.4 Å². The largest absolute Gasteiger partial charge is 0.383 e. The Bertz CT molecular complexity index is 1100. The number of anilines is 1. The zero-order valence-electron chi connectivity index (χ0n) is 22.0. The number of pyridine rings is 1. The minimum atomic E-state index is -0.262. The SMILES string of the molecule is CCC1(Nc2cc[nH]c(=O)c2C(N)=NC2=CCC(C(=O)N3CCCCC(C)C3)C(C)=C2)CCNCC1. The molecule has 4 rings (SSSR count). The van der Waals surface area contributed by atoms with Gasteiger partial charge in [-0.05, 0) is 76.6 Å². The molecule has 1 amide bonds. The summed E-state index contributed by atoms with van der Waals surface area (Å²) >= 11 is 0. The molecule has 3 aliphatic rings. The fraction of sp³-hybridized carbons (Fsp3) is 0.607. The van der Waals surface area contributed by atoms with Crippen LogP contribution in [0.15, 0.2) is 45.5 Å². The fourth-order valence-corrected chi connectivity index (χ4v) is 5.76. The first-order valence-electron chi connectivity index (χ1n) is 13.5. The van der Waals surface area contributed by atoms with Crippen LogP contribution in [-0.4, -0.2) is 53.3 Å². The van der Waals surface area contributed by atoms with Gasteiger partial charge in [0.05, 0.1) is 17.3 Å². The molecule has 5 N–H and O–H groups in total. The number of aromatic nitrogens is 1. The summed E-state index contributed by atoms with van der Waals surface area (Å²) in [6.45, 7) is 9.96. The lowest BCUT2D eigenvalue weighted by atomic mass is 9.85. The summed E-state index contributed by atoms with van der Waals surface area (Å²) in [7, 11) is 0.